The molecule has 1 rings (SSSR count). The maximum absolute atomic E-state index is 11.4. The van der Waals surface area contributed by atoms with Crippen LogP contribution in [0, 0.1) is 0 Å². The van der Waals surface area contributed by atoms with Gasteiger partial charge in [-0.15, -0.1) is 0 Å². The Morgan fingerprint density at radius 3 is 3.00 bits per heavy atom. The lowest BCUT2D eigenvalue weighted by molar-refractivity contribution is -0.130. The van der Waals surface area contributed by atoms with Crippen molar-refractivity contribution in [1.29, 1.82) is 0 Å². The molecule has 0 aromatic heterocycles. The third-order valence-electron chi connectivity index (χ3n) is 2.17. The highest BCUT2D eigenvalue weighted by molar-refractivity contribution is 7.99. The van der Waals surface area contributed by atoms with Crippen LogP contribution >= 0.6 is 11.8 Å². The van der Waals surface area contributed by atoms with E-state index in [-0.39, 0.29) is 5.91 Å². The average molecular weight is 188 g/mol. The number of nitrogens with zero attached hydrogens (tertiary/aromatic N) is 1. The summed E-state index contributed by atoms with van der Waals surface area (Å²) in [5, 5.41) is 2.87. The van der Waals surface area contributed by atoms with Crippen molar-refractivity contribution < 1.29 is 4.79 Å². The molecule has 0 aromatic rings. The lowest BCUT2D eigenvalue weighted by Crippen LogP contribution is -2.41. The molecule has 0 spiro atoms. The van der Waals surface area contributed by atoms with E-state index in [2.05, 4.69) is 5.32 Å². The monoisotopic (exact) mass is 188 g/mol. The van der Waals surface area contributed by atoms with Crippen molar-refractivity contribution in [2.45, 2.75) is 12.5 Å². The topological polar surface area (TPSA) is 32.3 Å². The van der Waals surface area contributed by atoms with Gasteiger partial charge in [0.1, 0.15) is 0 Å². The molecule has 1 atom stereocenters. The SMILES string of the molecule is CNCC(=O)N(C)[C@H]1CCSC1. The minimum absolute atomic E-state index is 0.199. The molecule has 0 radical (unpaired) electrons. The maximum atomic E-state index is 11.4. The summed E-state index contributed by atoms with van der Waals surface area (Å²) in [6, 6.07) is 0.468. The molecule has 1 saturated heterocycles. The van der Waals surface area contributed by atoms with Crippen LogP contribution in [0.2, 0.25) is 0 Å². The van der Waals surface area contributed by atoms with Crippen molar-refractivity contribution in [3.8, 4) is 0 Å². The van der Waals surface area contributed by atoms with Crippen LogP contribution in [0.5, 0.6) is 0 Å². The molecule has 70 valence electrons. The molecule has 4 heteroatoms. The largest absolute Gasteiger partial charge is 0.341 e. The highest BCUT2D eigenvalue weighted by Gasteiger charge is 2.22. The molecule has 0 aromatic carbocycles. The van der Waals surface area contributed by atoms with Gasteiger partial charge in [-0.2, -0.15) is 11.8 Å². The first-order valence-corrected chi connectivity index (χ1v) is 5.39. The Balaban J connectivity index is 2.34. The summed E-state index contributed by atoms with van der Waals surface area (Å²) in [6.45, 7) is 0.456. The van der Waals surface area contributed by atoms with Crippen molar-refractivity contribution in [1.82, 2.24) is 10.2 Å². The van der Waals surface area contributed by atoms with E-state index in [1.54, 1.807) is 7.05 Å². The fourth-order valence-electron chi connectivity index (χ4n) is 1.31. The van der Waals surface area contributed by atoms with E-state index in [1.165, 1.54) is 5.75 Å². The molecule has 3 nitrogen and oxygen atoms in total. The van der Waals surface area contributed by atoms with E-state index >= 15 is 0 Å². The third kappa shape index (κ3) is 2.38. The molecule has 0 unspecified atom stereocenters. The van der Waals surface area contributed by atoms with Crippen molar-refractivity contribution in [2.75, 3.05) is 32.1 Å². The van der Waals surface area contributed by atoms with E-state index in [4.69, 9.17) is 0 Å². The molecule has 1 amide bonds. The van der Waals surface area contributed by atoms with Gasteiger partial charge in [0.05, 0.1) is 6.54 Å². The van der Waals surface area contributed by atoms with Crippen LogP contribution < -0.4 is 5.32 Å². The predicted octanol–water partition coefficient (Wildman–Crippen LogP) is 0.170. The summed E-state index contributed by atoms with van der Waals surface area (Å²) in [5.74, 6) is 2.50. The van der Waals surface area contributed by atoms with Crippen LogP contribution in [-0.2, 0) is 4.79 Å². The Morgan fingerprint density at radius 1 is 1.75 bits per heavy atom. The van der Waals surface area contributed by atoms with Gasteiger partial charge in [0, 0.05) is 18.8 Å². The smallest absolute Gasteiger partial charge is 0.236 e. The highest BCUT2D eigenvalue weighted by Crippen LogP contribution is 2.21. The summed E-state index contributed by atoms with van der Waals surface area (Å²) in [5.41, 5.74) is 0. The summed E-state index contributed by atoms with van der Waals surface area (Å²) in [6.07, 6.45) is 1.15. The Morgan fingerprint density at radius 2 is 2.50 bits per heavy atom. The number of thioether (sulfide) groups is 1. The number of carbonyl (C=O) groups excluding carboxylic acids is 1. The highest BCUT2D eigenvalue weighted by atomic mass is 32.2. The van der Waals surface area contributed by atoms with Crippen LogP contribution in [0.15, 0.2) is 0 Å². The van der Waals surface area contributed by atoms with Gasteiger partial charge < -0.3 is 10.2 Å². The van der Waals surface area contributed by atoms with Crippen LogP contribution in [-0.4, -0.2) is 49.0 Å². The minimum Gasteiger partial charge on any atom is -0.341 e. The number of amides is 1. The standard InChI is InChI=1S/C8H16N2OS/c1-9-5-8(11)10(2)7-3-4-12-6-7/h7,9H,3-6H2,1-2H3/t7-/m0/s1. The average Bonchev–Trinajstić information content (AvgIpc) is 2.55. The zero-order valence-electron chi connectivity index (χ0n) is 7.67. The fraction of sp³-hybridized carbons (Fsp3) is 0.875. The van der Waals surface area contributed by atoms with E-state index < -0.39 is 0 Å². The van der Waals surface area contributed by atoms with Crippen molar-refractivity contribution >= 4 is 17.7 Å². The third-order valence-corrected chi connectivity index (χ3v) is 3.32. The van der Waals surface area contributed by atoms with Crippen LogP contribution in [0.3, 0.4) is 0 Å². The molecule has 1 fully saturated rings. The summed E-state index contributed by atoms with van der Waals surface area (Å²) < 4.78 is 0. The second-order valence-corrected chi connectivity index (χ2v) is 4.20. The molecule has 1 aliphatic rings. The second kappa shape index (κ2) is 4.72. The van der Waals surface area contributed by atoms with Gasteiger partial charge in [-0.1, -0.05) is 0 Å². The molecule has 0 aliphatic carbocycles. The summed E-state index contributed by atoms with van der Waals surface area (Å²) >= 11 is 1.93. The number of hydrogen-bond donors (Lipinski definition) is 1. The number of rotatable bonds is 3. The molecular formula is C8H16N2OS. The summed E-state index contributed by atoms with van der Waals surface area (Å²) in [4.78, 5) is 13.3. The van der Waals surface area contributed by atoms with Crippen molar-refractivity contribution in [3.05, 3.63) is 0 Å². The lowest BCUT2D eigenvalue weighted by Gasteiger charge is -2.23. The number of likely N-dealkylation sites (N-methyl/N-ethyl adjacent to an activating group) is 2. The quantitative estimate of drug-likeness (QED) is 0.685. The van der Waals surface area contributed by atoms with E-state index in [0.717, 1.165) is 12.2 Å². The Bertz CT molecular complexity index is 157. The van der Waals surface area contributed by atoms with Gasteiger partial charge in [-0.05, 0) is 19.2 Å². The van der Waals surface area contributed by atoms with Crippen LogP contribution in [0.4, 0.5) is 0 Å². The molecule has 1 N–H and O–H groups in total. The first kappa shape index (κ1) is 9.86. The second-order valence-electron chi connectivity index (χ2n) is 3.05. The van der Waals surface area contributed by atoms with E-state index in [9.17, 15) is 4.79 Å². The predicted molar refractivity (Wildman–Crippen MR) is 52.4 cm³/mol. The Kier molecular flexibility index (Phi) is 3.88. The Labute approximate surface area is 77.9 Å². The van der Waals surface area contributed by atoms with Crippen molar-refractivity contribution in [3.63, 3.8) is 0 Å². The molecule has 1 aliphatic heterocycles. The molecule has 12 heavy (non-hydrogen) atoms. The van der Waals surface area contributed by atoms with Crippen LogP contribution in [0.1, 0.15) is 6.42 Å². The Hall–Kier alpha value is -0.220. The van der Waals surface area contributed by atoms with Gasteiger partial charge in [0.25, 0.3) is 0 Å². The normalized spacial score (nSPS) is 22.7. The number of carbonyl (C=O) groups is 1. The molecule has 0 bridgehead atoms. The van der Waals surface area contributed by atoms with Gasteiger partial charge in [0.15, 0.2) is 0 Å². The van der Waals surface area contributed by atoms with Gasteiger partial charge in [-0.3, -0.25) is 4.79 Å². The number of nitrogens with one attached hydrogen (secondary N) is 1. The van der Waals surface area contributed by atoms with Crippen LogP contribution in [0.25, 0.3) is 0 Å². The number of hydrogen-bond acceptors (Lipinski definition) is 3. The first-order valence-electron chi connectivity index (χ1n) is 4.23. The molecule has 0 saturated carbocycles. The molecular weight excluding hydrogens is 172 g/mol. The van der Waals surface area contributed by atoms with Gasteiger partial charge in [0.2, 0.25) is 5.91 Å². The maximum Gasteiger partial charge on any atom is 0.236 e. The minimum atomic E-state index is 0.199. The van der Waals surface area contributed by atoms with Gasteiger partial charge in [-0.25, -0.2) is 0 Å². The van der Waals surface area contributed by atoms with Crippen molar-refractivity contribution in [2.24, 2.45) is 0 Å². The summed E-state index contributed by atoms with van der Waals surface area (Å²) in [7, 11) is 3.70. The molecule has 1 heterocycles. The van der Waals surface area contributed by atoms with Gasteiger partial charge >= 0.3 is 0 Å². The zero-order chi connectivity index (χ0) is 8.97. The fourth-order valence-corrected chi connectivity index (χ4v) is 2.57. The van der Waals surface area contributed by atoms with E-state index in [0.29, 0.717) is 12.6 Å². The first-order chi connectivity index (χ1) is 5.75. The zero-order valence-corrected chi connectivity index (χ0v) is 8.49. The van der Waals surface area contributed by atoms with E-state index in [1.807, 2.05) is 23.7 Å². The lowest BCUT2D eigenvalue weighted by atomic mass is 10.2.